The predicted molar refractivity (Wildman–Crippen MR) is 78.8 cm³/mol. The molecule has 1 aromatic heterocycles. The number of rotatable bonds is 3. The SMILES string of the molecule is Cc1ccc(N2CC[C@](O)(CN3CCCCC3)C2)nn1. The number of aliphatic hydroxyl groups is 1. The third kappa shape index (κ3) is 3.10. The second-order valence-electron chi connectivity index (χ2n) is 6.27. The van der Waals surface area contributed by atoms with Gasteiger partial charge in [-0.05, 0) is 51.4 Å². The van der Waals surface area contributed by atoms with E-state index in [-0.39, 0.29) is 0 Å². The van der Waals surface area contributed by atoms with Gasteiger partial charge in [-0.1, -0.05) is 6.42 Å². The Morgan fingerprint density at radius 3 is 2.65 bits per heavy atom. The van der Waals surface area contributed by atoms with Crippen molar-refractivity contribution in [2.75, 3.05) is 37.6 Å². The van der Waals surface area contributed by atoms with E-state index >= 15 is 0 Å². The molecule has 0 saturated carbocycles. The fraction of sp³-hybridized carbons (Fsp3) is 0.733. The standard InChI is InChI=1S/C15H24N4O/c1-13-5-6-14(17-16-13)19-10-7-15(20,12-19)11-18-8-3-2-4-9-18/h5-6,20H,2-4,7-12H2,1H3/t15-/m0/s1. The first-order valence-electron chi connectivity index (χ1n) is 7.65. The maximum atomic E-state index is 10.8. The Balaban J connectivity index is 1.61. The number of hydrogen-bond acceptors (Lipinski definition) is 5. The molecule has 1 N–H and O–H groups in total. The Morgan fingerprint density at radius 2 is 1.95 bits per heavy atom. The molecular weight excluding hydrogens is 252 g/mol. The molecule has 20 heavy (non-hydrogen) atoms. The normalized spacial score (nSPS) is 28.0. The smallest absolute Gasteiger partial charge is 0.151 e. The minimum atomic E-state index is -0.593. The lowest BCUT2D eigenvalue weighted by Crippen LogP contribution is -2.46. The van der Waals surface area contributed by atoms with Crippen LogP contribution in [0.1, 0.15) is 31.4 Å². The maximum Gasteiger partial charge on any atom is 0.151 e. The van der Waals surface area contributed by atoms with E-state index in [9.17, 15) is 5.11 Å². The number of hydrogen-bond donors (Lipinski definition) is 1. The summed E-state index contributed by atoms with van der Waals surface area (Å²) in [6.45, 7) is 6.53. The summed E-state index contributed by atoms with van der Waals surface area (Å²) in [6.07, 6.45) is 4.69. The van der Waals surface area contributed by atoms with Gasteiger partial charge in [0.25, 0.3) is 0 Å². The van der Waals surface area contributed by atoms with E-state index in [0.717, 1.165) is 44.1 Å². The first-order valence-corrected chi connectivity index (χ1v) is 7.65. The fourth-order valence-corrected chi connectivity index (χ4v) is 3.28. The van der Waals surface area contributed by atoms with Gasteiger partial charge in [-0.3, -0.25) is 0 Å². The van der Waals surface area contributed by atoms with Crippen LogP contribution in [0.4, 0.5) is 5.82 Å². The summed E-state index contributed by atoms with van der Waals surface area (Å²) in [7, 11) is 0. The van der Waals surface area contributed by atoms with Gasteiger partial charge < -0.3 is 14.9 Å². The quantitative estimate of drug-likeness (QED) is 0.899. The lowest BCUT2D eigenvalue weighted by Gasteiger charge is -2.33. The summed E-state index contributed by atoms with van der Waals surface area (Å²) in [5.41, 5.74) is 0.334. The Hall–Kier alpha value is -1.20. The van der Waals surface area contributed by atoms with Crippen LogP contribution in [-0.4, -0.2) is 58.5 Å². The molecule has 3 heterocycles. The van der Waals surface area contributed by atoms with Crippen molar-refractivity contribution in [3.8, 4) is 0 Å². The van der Waals surface area contributed by atoms with Gasteiger partial charge in [0.05, 0.1) is 11.3 Å². The van der Waals surface area contributed by atoms with Crippen LogP contribution >= 0.6 is 0 Å². The average molecular weight is 276 g/mol. The van der Waals surface area contributed by atoms with Crippen molar-refractivity contribution >= 4 is 5.82 Å². The molecule has 1 aromatic rings. The van der Waals surface area contributed by atoms with Crippen molar-refractivity contribution in [3.05, 3.63) is 17.8 Å². The largest absolute Gasteiger partial charge is 0.387 e. The minimum Gasteiger partial charge on any atom is -0.387 e. The van der Waals surface area contributed by atoms with Gasteiger partial charge in [0.15, 0.2) is 5.82 Å². The van der Waals surface area contributed by atoms with Crippen molar-refractivity contribution in [1.82, 2.24) is 15.1 Å². The van der Waals surface area contributed by atoms with E-state index in [2.05, 4.69) is 20.0 Å². The van der Waals surface area contributed by atoms with Gasteiger partial charge in [0.2, 0.25) is 0 Å². The number of aryl methyl sites for hydroxylation is 1. The highest BCUT2D eigenvalue weighted by molar-refractivity contribution is 5.39. The molecule has 2 aliphatic heterocycles. The number of nitrogens with zero attached hydrogens (tertiary/aromatic N) is 4. The number of β-amino-alcohol motifs (C(OH)–C–C–N with tert-alkyl or cyclic N) is 1. The minimum absolute atomic E-state index is 0.593. The van der Waals surface area contributed by atoms with Gasteiger partial charge in [-0.25, -0.2) is 0 Å². The molecule has 0 amide bonds. The number of anilines is 1. The van der Waals surface area contributed by atoms with E-state index in [4.69, 9.17) is 0 Å². The third-order valence-electron chi connectivity index (χ3n) is 4.41. The van der Waals surface area contributed by atoms with Crippen LogP contribution in [0.25, 0.3) is 0 Å². The molecule has 0 bridgehead atoms. The predicted octanol–water partition coefficient (Wildman–Crippen LogP) is 1.21. The molecule has 2 aliphatic rings. The zero-order valence-corrected chi connectivity index (χ0v) is 12.3. The zero-order valence-electron chi connectivity index (χ0n) is 12.3. The summed E-state index contributed by atoms with van der Waals surface area (Å²) in [5, 5.41) is 19.1. The highest BCUT2D eigenvalue weighted by Crippen LogP contribution is 2.27. The van der Waals surface area contributed by atoms with Gasteiger partial charge in [-0.2, -0.15) is 5.10 Å². The Kier molecular flexibility index (Phi) is 3.89. The lowest BCUT2D eigenvalue weighted by atomic mass is 10.0. The van der Waals surface area contributed by atoms with Crippen molar-refractivity contribution in [2.45, 2.75) is 38.2 Å². The molecule has 5 nitrogen and oxygen atoms in total. The summed E-state index contributed by atoms with van der Waals surface area (Å²) in [5.74, 6) is 0.880. The molecule has 2 saturated heterocycles. The van der Waals surface area contributed by atoms with Crippen LogP contribution in [0, 0.1) is 6.92 Å². The summed E-state index contributed by atoms with van der Waals surface area (Å²) in [6, 6.07) is 3.97. The van der Waals surface area contributed by atoms with Crippen LogP contribution in [-0.2, 0) is 0 Å². The molecular formula is C15H24N4O. The van der Waals surface area contributed by atoms with Crippen molar-refractivity contribution in [3.63, 3.8) is 0 Å². The van der Waals surface area contributed by atoms with E-state index in [1.54, 1.807) is 0 Å². The molecule has 5 heteroatoms. The molecule has 0 aromatic carbocycles. The molecule has 1 atom stereocenters. The highest BCUT2D eigenvalue weighted by Gasteiger charge is 2.38. The summed E-state index contributed by atoms with van der Waals surface area (Å²) >= 11 is 0. The lowest BCUT2D eigenvalue weighted by molar-refractivity contribution is 0.0169. The molecule has 2 fully saturated rings. The van der Waals surface area contributed by atoms with E-state index < -0.39 is 5.60 Å². The second-order valence-corrected chi connectivity index (χ2v) is 6.27. The maximum absolute atomic E-state index is 10.8. The summed E-state index contributed by atoms with van der Waals surface area (Å²) < 4.78 is 0. The van der Waals surface area contributed by atoms with Gasteiger partial charge in [0.1, 0.15) is 0 Å². The first kappa shape index (κ1) is 13.8. The van der Waals surface area contributed by atoms with Gasteiger partial charge in [0, 0.05) is 19.6 Å². The fourth-order valence-electron chi connectivity index (χ4n) is 3.28. The van der Waals surface area contributed by atoms with Crippen LogP contribution < -0.4 is 4.90 Å². The van der Waals surface area contributed by atoms with Gasteiger partial charge in [-0.15, -0.1) is 5.10 Å². The van der Waals surface area contributed by atoms with Crippen LogP contribution in [0.15, 0.2) is 12.1 Å². The topological polar surface area (TPSA) is 52.5 Å². The van der Waals surface area contributed by atoms with Crippen molar-refractivity contribution in [2.24, 2.45) is 0 Å². The molecule has 0 radical (unpaired) electrons. The average Bonchev–Trinajstić information content (AvgIpc) is 2.83. The number of aromatic nitrogens is 2. The molecule has 0 spiro atoms. The molecule has 0 aliphatic carbocycles. The van der Waals surface area contributed by atoms with E-state index in [1.807, 2.05) is 19.1 Å². The summed E-state index contributed by atoms with van der Waals surface area (Å²) in [4.78, 5) is 4.56. The van der Waals surface area contributed by atoms with Crippen LogP contribution in [0.2, 0.25) is 0 Å². The monoisotopic (exact) mass is 276 g/mol. The van der Waals surface area contributed by atoms with E-state index in [1.165, 1.54) is 19.3 Å². The molecule has 110 valence electrons. The third-order valence-corrected chi connectivity index (χ3v) is 4.41. The number of piperidine rings is 1. The van der Waals surface area contributed by atoms with E-state index in [0.29, 0.717) is 6.54 Å². The van der Waals surface area contributed by atoms with Crippen LogP contribution in [0.5, 0.6) is 0 Å². The van der Waals surface area contributed by atoms with Crippen LogP contribution in [0.3, 0.4) is 0 Å². The van der Waals surface area contributed by atoms with Crippen molar-refractivity contribution in [1.29, 1.82) is 0 Å². The van der Waals surface area contributed by atoms with Gasteiger partial charge >= 0.3 is 0 Å². The second kappa shape index (κ2) is 5.66. The number of likely N-dealkylation sites (tertiary alicyclic amines) is 1. The highest BCUT2D eigenvalue weighted by atomic mass is 16.3. The Bertz CT molecular complexity index is 444. The Labute approximate surface area is 120 Å². The zero-order chi connectivity index (χ0) is 14.0. The molecule has 3 rings (SSSR count). The molecule has 0 unspecified atom stereocenters. The first-order chi connectivity index (χ1) is 9.65. The van der Waals surface area contributed by atoms with Crippen molar-refractivity contribution < 1.29 is 5.11 Å². The Morgan fingerprint density at radius 1 is 1.15 bits per heavy atom.